The van der Waals surface area contributed by atoms with E-state index in [1.807, 2.05) is 39.0 Å². The molecule has 0 unspecified atom stereocenters. The number of Topliss-reactive ketones (excluding diaryl/α,β-unsaturated/α-hetero) is 1. The number of hydrogen-bond donors (Lipinski definition) is 0. The normalized spacial score (nSPS) is 10.5. The molecule has 0 bridgehead atoms. The number of halogens is 1. The zero-order chi connectivity index (χ0) is 15.4. The fraction of sp³-hybridized carbons (Fsp3) is 0.278. The zero-order valence-corrected chi connectivity index (χ0v) is 14.2. The van der Waals surface area contributed by atoms with Crippen molar-refractivity contribution >= 4 is 21.7 Å². The molecule has 2 aromatic rings. The predicted octanol–water partition coefficient (Wildman–Crippen LogP) is 4.89. The van der Waals surface area contributed by atoms with E-state index in [1.165, 1.54) is 5.56 Å². The summed E-state index contributed by atoms with van der Waals surface area (Å²) >= 11 is 3.42. The highest BCUT2D eigenvalue weighted by Gasteiger charge is 2.15. The van der Waals surface area contributed by atoms with Crippen LogP contribution in [0.4, 0.5) is 0 Å². The summed E-state index contributed by atoms with van der Waals surface area (Å²) in [6.07, 6.45) is 0.393. The third-order valence-corrected chi connectivity index (χ3v) is 3.89. The summed E-state index contributed by atoms with van der Waals surface area (Å²) in [7, 11) is 0. The molecule has 0 saturated heterocycles. The maximum Gasteiger partial charge on any atom is 0.171 e. The van der Waals surface area contributed by atoms with Crippen molar-refractivity contribution in [1.29, 1.82) is 0 Å². The van der Waals surface area contributed by atoms with E-state index in [-0.39, 0.29) is 5.78 Å². The first-order chi connectivity index (χ1) is 10.0. The number of carbonyl (C=O) groups excluding carboxylic acids is 1. The Labute approximate surface area is 134 Å². The second kappa shape index (κ2) is 6.90. The van der Waals surface area contributed by atoms with Crippen LogP contribution in [-0.2, 0) is 6.42 Å². The molecular weight excluding hydrogens is 328 g/mol. The summed E-state index contributed by atoms with van der Waals surface area (Å²) in [5.41, 5.74) is 4.01. The number of ether oxygens (including phenoxy) is 1. The van der Waals surface area contributed by atoms with Crippen molar-refractivity contribution in [2.24, 2.45) is 0 Å². The minimum Gasteiger partial charge on any atom is -0.493 e. The average Bonchev–Trinajstić information content (AvgIpc) is 2.45. The van der Waals surface area contributed by atoms with E-state index in [0.717, 1.165) is 15.6 Å². The first kappa shape index (κ1) is 15.8. The summed E-state index contributed by atoms with van der Waals surface area (Å²) in [4.78, 5) is 12.6. The molecule has 0 aliphatic carbocycles. The molecule has 0 saturated carbocycles. The van der Waals surface area contributed by atoms with Gasteiger partial charge >= 0.3 is 0 Å². The van der Waals surface area contributed by atoms with Crippen molar-refractivity contribution in [3.63, 3.8) is 0 Å². The summed E-state index contributed by atoms with van der Waals surface area (Å²) in [5.74, 6) is 0.726. The lowest BCUT2D eigenvalue weighted by atomic mass is 9.97. The molecule has 0 aliphatic heterocycles. The highest BCUT2D eigenvalue weighted by atomic mass is 79.9. The van der Waals surface area contributed by atoms with Gasteiger partial charge in [0, 0.05) is 10.9 Å². The van der Waals surface area contributed by atoms with Gasteiger partial charge in [-0.25, -0.2) is 0 Å². The molecule has 3 heteroatoms. The van der Waals surface area contributed by atoms with Gasteiger partial charge in [0.05, 0.1) is 12.2 Å². The molecule has 0 amide bonds. The van der Waals surface area contributed by atoms with E-state index in [4.69, 9.17) is 4.74 Å². The molecule has 0 atom stereocenters. The number of ketones is 1. The molecule has 2 rings (SSSR count). The molecule has 0 fully saturated rings. The van der Waals surface area contributed by atoms with E-state index in [1.54, 1.807) is 0 Å². The Bertz CT molecular complexity index is 662. The topological polar surface area (TPSA) is 26.3 Å². The van der Waals surface area contributed by atoms with Crippen LogP contribution in [0.25, 0.3) is 0 Å². The smallest absolute Gasteiger partial charge is 0.171 e. The lowest BCUT2D eigenvalue weighted by molar-refractivity contribution is 0.0989. The van der Waals surface area contributed by atoms with Crippen LogP contribution in [0.15, 0.2) is 40.9 Å². The number of hydrogen-bond acceptors (Lipinski definition) is 2. The Balaban J connectivity index is 2.31. The maximum absolute atomic E-state index is 12.6. The molecule has 0 heterocycles. The first-order valence-corrected chi connectivity index (χ1v) is 7.82. The van der Waals surface area contributed by atoms with Crippen molar-refractivity contribution in [3.05, 3.63) is 63.1 Å². The maximum atomic E-state index is 12.6. The molecule has 0 aromatic heterocycles. The summed E-state index contributed by atoms with van der Waals surface area (Å²) in [6.45, 7) is 6.54. The van der Waals surface area contributed by atoms with Crippen molar-refractivity contribution in [1.82, 2.24) is 0 Å². The Morgan fingerprint density at radius 2 is 1.90 bits per heavy atom. The minimum absolute atomic E-state index is 0.0773. The number of carbonyl (C=O) groups is 1. The van der Waals surface area contributed by atoms with Gasteiger partial charge in [0.1, 0.15) is 5.75 Å². The minimum atomic E-state index is 0.0773. The molecule has 0 spiro atoms. The lowest BCUT2D eigenvalue weighted by Gasteiger charge is -2.11. The third kappa shape index (κ3) is 3.94. The van der Waals surface area contributed by atoms with Crippen LogP contribution in [0.1, 0.15) is 34.0 Å². The largest absolute Gasteiger partial charge is 0.493 e. The molecule has 0 N–H and O–H groups in total. The number of benzene rings is 2. The van der Waals surface area contributed by atoms with E-state index < -0.39 is 0 Å². The van der Waals surface area contributed by atoms with Crippen LogP contribution < -0.4 is 4.74 Å². The fourth-order valence-electron chi connectivity index (χ4n) is 2.26. The van der Waals surface area contributed by atoms with Crippen LogP contribution in [0, 0.1) is 13.8 Å². The highest BCUT2D eigenvalue weighted by Crippen LogP contribution is 2.25. The SMILES string of the molecule is CCOc1ccc(Br)cc1C(=O)Cc1cc(C)ccc1C. The summed E-state index contributed by atoms with van der Waals surface area (Å²) < 4.78 is 6.45. The Kier molecular flexibility index (Phi) is 5.18. The average molecular weight is 347 g/mol. The lowest BCUT2D eigenvalue weighted by Crippen LogP contribution is -2.08. The Morgan fingerprint density at radius 1 is 1.14 bits per heavy atom. The van der Waals surface area contributed by atoms with E-state index in [9.17, 15) is 4.79 Å². The van der Waals surface area contributed by atoms with Gasteiger partial charge in [0.15, 0.2) is 5.78 Å². The predicted molar refractivity (Wildman–Crippen MR) is 89.3 cm³/mol. The second-order valence-electron chi connectivity index (χ2n) is 5.10. The molecule has 21 heavy (non-hydrogen) atoms. The van der Waals surface area contributed by atoms with Crippen molar-refractivity contribution in [2.75, 3.05) is 6.61 Å². The van der Waals surface area contributed by atoms with Gasteiger partial charge in [0.25, 0.3) is 0 Å². The molecular formula is C18H19BrO2. The van der Waals surface area contributed by atoms with Gasteiger partial charge in [-0.15, -0.1) is 0 Å². The van der Waals surface area contributed by atoms with Gasteiger partial charge in [-0.1, -0.05) is 39.7 Å². The highest BCUT2D eigenvalue weighted by molar-refractivity contribution is 9.10. The van der Waals surface area contributed by atoms with Gasteiger partial charge in [-0.2, -0.15) is 0 Å². The van der Waals surface area contributed by atoms with E-state index in [2.05, 4.69) is 34.1 Å². The van der Waals surface area contributed by atoms with Crippen LogP contribution >= 0.6 is 15.9 Å². The van der Waals surface area contributed by atoms with Crippen LogP contribution in [-0.4, -0.2) is 12.4 Å². The van der Waals surface area contributed by atoms with E-state index >= 15 is 0 Å². The first-order valence-electron chi connectivity index (χ1n) is 7.03. The number of aryl methyl sites for hydroxylation is 2. The Morgan fingerprint density at radius 3 is 2.62 bits per heavy atom. The van der Waals surface area contributed by atoms with Crippen molar-refractivity contribution in [2.45, 2.75) is 27.2 Å². The van der Waals surface area contributed by atoms with Crippen LogP contribution in [0.5, 0.6) is 5.75 Å². The standard InChI is InChI=1S/C18H19BrO2/c1-4-21-18-8-7-15(19)11-16(18)17(20)10-14-9-12(2)5-6-13(14)3/h5-9,11H,4,10H2,1-3H3. The van der Waals surface area contributed by atoms with Gasteiger partial charge in [0.2, 0.25) is 0 Å². The summed E-state index contributed by atoms with van der Waals surface area (Å²) in [5, 5.41) is 0. The molecule has 2 aromatic carbocycles. The Hall–Kier alpha value is -1.61. The zero-order valence-electron chi connectivity index (χ0n) is 12.6. The molecule has 110 valence electrons. The van der Waals surface area contributed by atoms with E-state index in [0.29, 0.717) is 24.3 Å². The molecule has 0 radical (unpaired) electrons. The monoisotopic (exact) mass is 346 g/mol. The van der Waals surface area contributed by atoms with Crippen LogP contribution in [0.2, 0.25) is 0 Å². The van der Waals surface area contributed by atoms with Crippen molar-refractivity contribution < 1.29 is 9.53 Å². The number of rotatable bonds is 5. The second-order valence-corrected chi connectivity index (χ2v) is 6.02. The van der Waals surface area contributed by atoms with Crippen LogP contribution in [0.3, 0.4) is 0 Å². The van der Waals surface area contributed by atoms with Gasteiger partial charge < -0.3 is 4.74 Å². The fourth-order valence-corrected chi connectivity index (χ4v) is 2.62. The summed E-state index contributed by atoms with van der Waals surface area (Å²) in [6, 6.07) is 11.8. The van der Waals surface area contributed by atoms with Crippen molar-refractivity contribution in [3.8, 4) is 5.75 Å². The van der Waals surface area contributed by atoms with Gasteiger partial charge in [-0.3, -0.25) is 4.79 Å². The quantitative estimate of drug-likeness (QED) is 0.720. The molecule has 2 nitrogen and oxygen atoms in total. The molecule has 0 aliphatic rings. The third-order valence-electron chi connectivity index (χ3n) is 3.40. The van der Waals surface area contributed by atoms with Gasteiger partial charge in [-0.05, 0) is 50.1 Å².